The van der Waals surface area contributed by atoms with Crippen LogP contribution in [0.25, 0.3) is 21.1 Å². The summed E-state index contributed by atoms with van der Waals surface area (Å²) in [5.41, 5.74) is 0.887. The van der Waals surface area contributed by atoms with Crippen LogP contribution < -0.4 is 4.74 Å². The van der Waals surface area contributed by atoms with Gasteiger partial charge in [0, 0.05) is 31.6 Å². The van der Waals surface area contributed by atoms with Crippen molar-refractivity contribution in [3.63, 3.8) is 0 Å². The SMILES string of the molecule is COC1CCCN1C(=O)c1cc2nccc(Oc3ccc4c(c3F)c(Cl)c(C)n4C(=O)O)c2s1. The Labute approximate surface area is 202 Å². The zero-order valence-corrected chi connectivity index (χ0v) is 19.7. The third-order valence-electron chi connectivity index (χ3n) is 5.93. The molecule has 1 atom stereocenters. The van der Waals surface area contributed by atoms with Gasteiger partial charge in [0.2, 0.25) is 0 Å². The van der Waals surface area contributed by atoms with E-state index < -0.39 is 11.9 Å². The van der Waals surface area contributed by atoms with Crippen molar-refractivity contribution >= 4 is 56.1 Å². The fourth-order valence-corrected chi connectivity index (χ4v) is 5.59. The lowest BCUT2D eigenvalue weighted by molar-refractivity contribution is 0.00195. The van der Waals surface area contributed by atoms with Crippen LogP contribution >= 0.6 is 22.9 Å². The first kappa shape index (κ1) is 22.6. The molecule has 0 radical (unpaired) electrons. The number of aromatic nitrogens is 2. The van der Waals surface area contributed by atoms with Crippen molar-refractivity contribution in [3.05, 3.63) is 51.9 Å². The smallest absolute Gasteiger partial charge is 0.416 e. The molecule has 0 spiro atoms. The van der Waals surface area contributed by atoms with Gasteiger partial charge in [-0.2, -0.15) is 0 Å². The Kier molecular flexibility index (Phi) is 5.67. The van der Waals surface area contributed by atoms with E-state index in [0.29, 0.717) is 27.4 Å². The Morgan fingerprint density at radius 1 is 1.29 bits per heavy atom. The molecular formula is C23H19ClFN3O5S. The maximum atomic E-state index is 15.4. The zero-order chi connectivity index (χ0) is 24.1. The van der Waals surface area contributed by atoms with E-state index in [-0.39, 0.29) is 39.5 Å². The summed E-state index contributed by atoms with van der Waals surface area (Å²) in [5, 5.41) is 9.42. The van der Waals surface area contributed by atoms with E-state index in [1.807, 2.05) is 0 Å². The van der Waals surface area contributed by atoms with Crippen molar-refractivity contribution in [2.75, 3.05) is 13.7 Å². The first-order valence-electron chi connectivity index (χ1n) is 10.4. The molecule has 1 aliphatic heterocycles. The lowest BCUT2D eigenvalue weighted by Crippen LogP contribution is -2.36. The number of hydrogen-bond acceptors (Lipinski definition) is 6. The molecule has 1 amide bonds. The summed E-state index contributed by atoms with van der Waals surface area (Å²) < 4.78 is 28.2. The number of pyridine rings is 1. The van der Waals surface area contributed by atoms with Gasteiger partial charge in [-0.3, -0.25) is 9.78 Å². The summed E-state index contributed by atoms with van der Waals surface area (Å²) in [5.74, 6) is -0.723. The maximum Gasteiger partial charge on any atom is 0.416 e. The number of carbonyl (C=O) groups is 2. The van der Waals surface area contributed by atoms with E-state index >= 15 is 4.39 Å². The minimum atomic E-state index is -1.26. The van der Waals surface area contributed by atoms with Gasteiger partial charge < -0.3 is 19.5 Å². The highest BCUT2D eigenvalue weighted by molar-refractivity contribution is 7.21. The van der Waals surface area contributed by atoms with Crippen molar-refractivity contribution in [2.24, 2.45) is 0 Å². The van der Waals surface area contributed by atoms with Crippen molar-refractivity contribution < 1.29 is 28.6 Å². The Bertz CT molecular complexity index is 1470. The minimum Gasteiger partial charge on any atom is -0.464 e. The first-order chi connectivity index (χ1) is 16.3. The van der Waals surface area contributed by atoms with Gasteiger partial charge in [-0.1, -0.05) is 11.6 Å². The predicted molar refractivity (Wildman–Crippen MR) is 126 cm³/mol. The van der Waals surface area contributed by atoms with Crippen molar-refractivity contribution in [2.45, 2.75) is 26.0 Å². The normalized spacial score (nSPS) is 16.0. The van der Waals surface area contributed by atoms with Crippen LogP contribution in [0, 0.1) is 12.7 Å². The van der Waals surface area contributed by atoms with Gasteiger partial charge in [-0.25, -0.2) is 13.8 Å². The van der Waals surface area contributed by atoms with Crippen molar-refractivity contribution in [3.8, 4) is 11.5 Å². The highest BCUT2D eigenvalue weighted by Crippen LogP contribution is 2.40. The van der Waals surface area contributed by atoms with Crippen LogP contribution in [0.2, 0.25) is 5.02 Å². The Morgan fingerprint density at radius 3 is 2.82 bits per heavy atom. The average molecular weight is 504 g/mol. The van der Waals surface area contributed by atoms with Crippen molar-refractivity contribution in [1.29, 1.82) is 0 Å². The molecule has 1 aliphatic rings. The zero-order valence-electron chi connectivity index (χ0n) is 18.2. The number of benzene rings is 1. The molecule has 1 unspecified atom stereocenters. The number of likely N-dealkylation sites (tertiary alicyclic amines) is 1. The summed E-state index contributed by atoms with van der Waals surface area (Å²) in [7, 11) is 1.58. The number of amides is 1. The fraction of sp³-hybridized carbons (Fsp3) is 0.261. The molecule has 176 valence electrons. The van der Waals surface area contributed by atoms with Crippen LogP contribution in [0.5, 0.6) is 11.5 Å². The molecule has 1 fully saturated rings. The fourth-order valence-electron chi connectivity index (χ4n) is 4.30. The average Bonchev–Trinajstić information content (AvgIpc) is 3.52. The summed E-state index contributed by atoms with van der Waals surface area (Å²) in [4.78, 5) is 31.1. The Balaban J connectivity index is 1.53. The van der Waals surface area contributed by atoms with Crippen molar-refractivity contribution in [1.82, 2.24) is 14.5 Å². The monoisotopic (exact) mass is 503 g/mol. The number of nitrogens with zero attached hydrogens (tertiary/aromatic N) is 3. The van der Waals surface area contributed by atoms with E-state index in [0.717, 1.165) is 17.4 Å². The standard InChI is InChI=1S/C23H19ClFN3O5S/c1-11-19(24)18-13(28(11)23(30)31)5-6-14(20(18)25)33-15-7-8-26-12-10-16(34-21(12)15)22(29)27-9-3-4-17(27)32-2/h5-8,10,17H,3-4,9H2,1-2H3,(H,30,31). The molecule has 8 nitrogen and oxygen atoms in total. The minimum absolute atomic E-state index is 0.00235. The number of methoxy groups -OCH3 is 1. The van der Waals surface area contributed by atoms with Gasteiger partial charge in [0.25, 0.3) is 5.91 Å². The molecule has 34 heavy (non-hydrogen) atoms. The van der Waals surface area contributed by atoms with E-state index in [1.54, 1.807) is 24.1 Å². The van der Waals surface area contributed by atoms with E-state index in [4.69, 9.17) is 21.1 Å². The molecule has 3 aromatic heterocycles. The van der Waals surface area contributed by atoms with Gasteiger partial charge in [-0.05, 0) is 38.0 Å². The second-order valence-corrected chi connectivity index (χ2v) is 9.29. The number of rotatable bonds is 4. The summed E-state index contributed by atoms with van der Waals surface area (Å²) >= 11 is 7.46. The number of fused-ring (bicyclic) bond motifs is 2. The number of ether oxygens (including phenoxy) is 2. The largest absolute Gasteiger partial charge is 0.464 e. The number of hydrogen-bond donors (Lipinski definition) is 1. The molecular weight excluding hydrogens is 485 g/mol. The van der Waals surface area contributed by atoms with E-state index in [9.17, 15) is 14.7 Å². The molecule has 4 heterocycles. The van der Waals surface area contributed by atoms with Gasteiger partial charge in [-0.15, -0.1) is 11.3 Å². The molecule has 1 aromatic carbocycles. The maximum absolute atomic E-state index is 15.4. The quantitative estimate of drug-likeness (QED) is 0.374. The number of carbonyl (C=O) groups excluding carboxylic acids is 1. The second-order valence-electron chi connectivity index (χ2n) is 7.86. The second kappa shape index (κ2) is 8.53. The summed E-state index contributed by atoms with van der Waals surface area (Å²) in [6.07, 6.45) is 1.65. The van der Waals surface area contributed by atoms with Gasteiger partial charge in [0.15, 0.2) is 11.6 Å². The summed E-state index contributed by atoms with van der Waals surface area (Å²) in [6, 6.07) is 6.07. The topological polar surface area (TPSA) is 93.9 Å². The highest BCUT2D eigenvalue weighted by atomic mass is 35.5. The molecule has 11 heteroatoms. The lowest BCUT2D eigenvalue weighted by Gasteiger charge is -2.22. The molecule has 0 saturated carbocycles. The van der Waals surface area contributed by atoms with Gasteiger partial charge >= 0.3 is 6.09 Å². The third-order valence-corrected chi connectivity index (χ3v) is 7.52. The lowest BCUT2D eigenvalue weighted by atomic mass is 10.2. The number of halogens is 2. The number of carboxylic acid groups (broad SMARTS) is 1. The highest BCUT2D eigenvalue weighted by Gasteiger charge is 2.31. The predicted octanol–water partition coefficient (Wildman–Crippen LogP) is 5.88. The van der Waals surface area contributed by atoms with E-state index in [2.05, 4.69) is 4.98 Å². The molecule has 1 N–H and O–H groups in total. The Morgan fingerprint density at radius 2 is 2.09 bits per heavy atom. The van der Waals surface area contributed by atoms with Gasteiger partial charge in [0.05, 0.1) is 31.0 Å². The van der Waals surface area contributed by atoms with Crippen LogP contribution in [0.15, 0.2) is 30.5 Å². The Hall–Kier alpha value is -3.21. The summed E-state index contributed by atoms with van der Waals surface area (Å²) in [6.45, 7) is 2.12. The molecule has 4 aromatic rings. The first-order valence-corrected chi connectivity index (χ1v) is 11.6. The van der Waals surface area contributed by atoms with Crippen LogP contribution in [0.3, 0.4) is 0 Å². The molecule has 5 rings (SSSR count). The van der Waals surface area contributed by atoms with Crippen LogP contribution in [-0.4, -0.2) is 51.4 Å². The molecule has 0 bridgehead atoms. The van der Waals surface area contributed by atoms with Crippen LogP contribution in [0.4, 0.5) is 9.18 Å². The number of thiophene rings is 1. The van der Waals surface area contributed by atoms with Crippen LogP contribution in [-0.2, 0) is 4.74 Å². The molecule has 1 saturated heterocycles. The third kappa shape index (κ3) is 3.49. The van der Waals surface area contributed by atoms with Crippen LogP contribution in [0.1, 0.15) is 28.2 Å². The molecule has 0 aliphatic carbocycles. The van der Waals surface area contributed by atoms with Gasteiger partial charge in [0.1, 0.15) is 12.0 Å². The van der Waals surface area contributed by atoms with E-state index in [1.165, 1.54) is 36.6 Å².